The molecule has 2 N–H and O–H groups in total. The summed E-state index contributed by atoms with van der Waals surface area (Å²) in [4.78, 5) is 4.14. The molecule has 1 heterocycles. The van der Waals surface area contributed by atoms with E-state index in [1.807, 2.05) is 4.90 Å². The molecule has 5 nitrogen and oxygen atoms in total. The molecule has 1 fully saturated rings. The van der Waals surface area contributed by atoms with Gasteiger partial charge in [-0.25, -0.2) is 0 Å². The van der Waals surface area contributed by atoms with E-state index in [4.69, 9.17) is 10.7 Å². The summed E-state index contributed by atoms with van der Waals surface area (Å²) in [7, 11) is 0. The quantitative estimate of drug-likeness (QED) is 0.578. The van der Waals surface area contributed by atoms with Crippen molar-refractivity contribution < 1.29 is 5.11 Å². The van der Waals surface area contributed by atoms with Gasteiger partial charge in [-0.15, -0.1) is 0 Å². The summed E-state index contributed by atoms with van der Waals surface area (Å²) in [6, 6.07) is 6.98. The Hall–Kier alpha value is -2.22. The van der Waals surface area contributed by atoms with Crippen molar-refractivity contribution in [1.29, 1.82) is 10.7 Å². The predicted octanol–water partition coefficient (Wildman–Crippen LogP) is 1.38. The van der Waals surface area contributed by atoms with E-state index in [2.05, 4.69) is 11.0 Å². The topological polar surface area (TPSA) is 74.3 Å². The molecule has 0 unspecified atom stereocenters. The normalized spacial score (nSPS) is 15.3. The first-order chi connectivity index (χ1) is 8.61. The molecular formula is C13H16N4O. The highest BCUT2D eigenvalue weighted by atomic mass is 16.3. The fraction of sp³-hybridized carbons (Fsp3) is 0.385. The molecule has 0 amide bonds. The van der Waals surface area contributed by atoms with Gasteiger partial charge in [-0.2, -0.15) is 5.26 Å². The van der Waals surface area contributed by atoms with Gasteiger partial charge in [-0.05, 0) is 25.1 Å². The molecule has 1 aliphatic heterocycles. The summed E-state index contributed by atoms with van der Waals surface area (Å²) < 4.78 is 0. The zero-order chi connectivity index (χ0) is 13.1. The van der Waals surface area contributed by atoms with Gasteiger partial charge in [-0.3, -0.25) is 5.41 Å². The molecule has 2 rings (SSSR count). The highest BCUT2D eigenvalue weighted by molar-refractivity contribution is 5.76. The molecule has 1 saturated heterocycles. The Kier molecular flexibility index (Phi) is 3.38. The van der Waals surface area contributed by atoms with Crippen LogP contribution in [0, 0.1) is 16.7 Å². The van der Waals surface area contributed by atoms with Crippen LogP contribution in [0.3, 0.4) is 0 Å². The van der Waals surface area contributed by atoms with Crippen LogP contribution in [0.15, 0.2) is 18.2 Å². The first-order valence-electron chi connectivity index (χ1n) is 5.90. The second-order valence-corrected chi connectivity index (χ2v) is 4.37. The number of benzene rings is 1. The number of rotatable bonds is 1. The minimum Gasteiger partial charge on any atom is -0.508 e. The zero-order valence-electron chi connectivity index (χ0n) is 10.3. The Morgan fingerprint density at radius 1 is 1.33 bits per heavy atom. The smallest absolute Gasteiger partial charge is 0.117 e. The van der Waals surface area contributed by atoms with Gasteiger partial charge in [0.2, 0.25) is 0 Å². The number of phenols is 1. The fourth-order valence-corrected chi connectivity index (χ4v) is 2.17. The van der Waals surface area contributed by atoms with Gasteiger partial charge in [0.25, 0.3) is 0 Å². The Balaban J connectivity index is 2.15. The largest absolute Gasteiger partial charge is 0.508 e. The Labute approximate surface area is 106 Å². The second kappa shape index (κ2) is 4.96. The van der Waals surface area contributed by atoms with Crippen LogP contribution in [0.4, 0.5) is 5.69 Å². The third-order valence-corrected chi connectivity index (χ3v) is 3.20. The minimum atomic E-state index is 0.115. The standard InChI is InChI=1S/C13H16N4O/c1-10(15)16-4-6-17(7-5-16)13-3-2-12(18)8-11(13)9-14/h2-3,8,15,18H,4-7H2,1H3. The highest BCUT2D eigenvalue weighted by Gasteiger charge is 2.19. The minimum absolute atomic E-state index is 0.115. The molecule has 0 saturated carbocycles. The van der Waals surface area contributed by atoms with E-state index in [9.17, 15) is 5.11 Å². The van der Waals surface area contributed by atoms with Crippen molar-refractivity contribution in [1.82, 2.24) is 4.90 Å². The number of nitriles is 1. The summed E-state index contributed by atoms with van der Waals surface area (Å²) in [5.41, 5.74) is 1.35. The molecule has 18 heavy (non-hydrogen) atoms. The molecule has 0 aliphatic carbocycles. The Morgan fingerprint density at radius 2 is 2.00 bits per heavy atom. The molecule has 0 radical (unpaired) electrons. The van der Waals surface area contributed by atoms with Gasteiger partial charge < -0.3 is 14.9 Å². The SMILES string of the molecule is CC(=N)N1CCN(c2ccc(O)cc2C#N)CC1. The van der Waals surface area contributed by atoms with Gasteiger partial charge in [0.1, 0.15) is 11.8 Å². The third-order valence-electron chi connectivity index (χ3n) is 3.20. The summed E-state index contributed by atoms with van der Waals surface area (Å²) in [5.74, 6) is 0.699. The van der Waals surface area contributed by atoms with E-state index in [1.165, 1.54) is 6.07 Å². The van der Waals surface area contributed by atoms with E-state index in [0.29, 0.717) is 11.4 Å². The lowest BCUT2D eigenvalue weighted by Crippen LogP contribution is -2.48. The number of piperazine rings is 1. The summed E-state index contributed by atoms with van der Waals surface area (Å²) in [5, 5.41) is 26.0. The number of hydrogen-bond acceptors (Lipinski definition) is 4. The number of phenolic OH excluding ortho intramolecular Hbond substituents is 1. The molecule has 0 atom stereocenters. The average molecular weight is 244 g/mol. The lowest BCUT2D eigenvalue weighted by Gasteiger charge is -2.37. The van der Waals surface area contributed by atoms with Crippen LogP contribution in [0.2, 0.25) is 0 Å². The maximum absolute atomic E-state index is 9.38. The molecular weight excluding hydrogens is 228 g/mol. The van der Waals surface area contributed by atoms with Gasteiger partial charge in [-0.1, -0.05) is 0 Å². The van der Waals surface area contributed by atoms with Gasteiger partial charge in [0.05, 0.1) is 17.1 Å². The van der Waals surface area contributed by atoms with Crippen LogP contribution in [0.5, 0.6) is 5.75 Å². The van der Waals surface area contributed by atoms with Crippen molar-refractivity contribution in [3.63, 3.8) is 0 Å². The van der Waals surface area contributed by atoms with E-state index in [-0.39, 0.29) is 5.75 Å². The van der Waals surface area contributed by atoms with Crippen LogP contribution >= 0.6 is 0 Å². The van der Waals surface area contributed by atoms with Crippen molar-refractivity contribution in [2.45, 2.75) is 6.92 Å². The van der Waals surface area contributed by atoms with Gasteiger partial charge in [0.15, 0.2) is 0 Å². The number of aromatic hydroxyl groups is 1. The molecule has 94 valence electrons. The lowest BCUT2D eigenvalue weighted by atomic mass is 10.1. The van der Waals surface area contributed by atoms with Crippen molar-refractivity contribution in [3.8, 4) is 11.8 Å². The molecule has 1 aromatic carbocycles. The van der Waals surface area contributed by atoms with E-state index >= 15 is 0 Å². The van der Waals surface area contributed by atoms with Gasteiger partial charge in [0, 0.05) is 26.2 Å². The van der Waals surface area contributed by atoms with Crippen molar-refractivity contribution in [2.75, 3.05) is 31.1 Å². The Bertz CT molecular complexity index is 498. The van der Waals surface area contributed by atoms with Gasteiger partial charge >= 0.3 is 0 Å². The summed E-state index contributed by atoms with van der Waals surface area (Å²) >= 11 is 0. The first-order valence-corrected chi connectivity index (χ1v) is 5.90. The van der Waals surface area contributed by atoms with Crippen LogP contribution < -0.4 is 4.90 Å². The zero-order valence-corrected chi connectivity index (χ0v) is 10.3. The maximum atomic E-state index is 9.38. The highest BCUT2D eigenvalue weighted by Crippen LogP contribution is 2.25. The predicted molar refractivity (Wildman–Crippen MR) is 70.0 cm³/mol. The molecule has 5 heteroatoms. The maximum Gasteiger partial charge on any atom is 0.117 e. The van der Waals surface area contributed by atoms with Crippen LogP contribution in [-0.2, 0) is 0 Å². The number of hydrogen-bond donors (Lipinski definition) is 2. The summed E-state index contributed by atoms with van der Waals surface area (Å²) in [6.07, 6.45) is 0. The summed E-state index contributed by atoms with van der Waals surface area (Å²) in [6.45, 7) is 4.95. The molecule has 1 aliphatic rings. The van der Waals surface area contributed by atoms with Crippen LogP contribution in [0.25, 0.3) is 0 Å². The monoisotopic (exact) mass is 244 g/mol. The first kappa shape index (κ1) is 12.2. The molecule has 0 bridgehead atoms. The number of nitrogens with zero attached hydrogens (tertiary/aromatic N) is 3. The number of amidine groups is 1. The van der Waals surface area contributed by atoms with E-state index in [0.717, 1.165) is 31.9 Å². The average Bonchev–Trinajstić information content (AvgIpc) is 2.38. The van der Waals surface area contributed by atoms with E-state index < -0.39 is 0 Å². The van der Waals surface area contributed by atoms with Crippen molar-refractivity contribution in [3.05, 3.63) is 23.8 Å². The van der Waals surface area contributed by atoms with Crippen molar-refractivity contribution in [2.24, 2.45) is 0 Å². The third kappa shape index (κ3) is 2.38. The van der Waals surface area contributed by atoms with Crippen LogP contribution in [0.1, 0.15) is 12.5 Å². The number of nitrogens with one attached hydrogen (secondary N) is 1. The lowest BCUT2D eigenvalue weighted by molar-refractivity contribution is 0.381. The van der Waals surface area contributed by atoms with E-state index in [1.54, 1.807) is 19.1 Å². The Morgan fingerprint density at radius 3 is 2.56 bits per heavy atom. The molecule has 0 spiro atoms. The number of anilines is 1. The van der Waals surface area contributed by atoms with Crippen molar-refractivity contribution >= 4 is 11.5 Å². The fourth-order valence-electron chi connectivity index (χ4n) is 2.17. The second-order valence-electron chi connectivity index (χ2n) is 4.37. The molecule has 0 aromatic heterocycles. The molecule has 1 aromatic rings. The van der Waals surface area contributed by atoms with Crippen LogP contribution in [-0.4, -0.2) is 42.0 Å².